The molecular weight excluding hydrogens is 568 g/mol. The highest BCUT2D eigenvalue weighted by molar-refractivity contribution is 9.10. The van der Waals surface area contributed by atoms with E-state index in [-0.39, 0.29) is 0 Å². The van der Waals surface area contributed by atoms with Crippen molar-refractivity contribution in [2.45, 2.75) is 45.4 Å². The zero-order valence-electron chi connectivity index (χ0n) is 21.6. The molecule has 3 aromatic carbocycles. The van der Waals surface area contributed by atoms with Crippen LogP contribution in [0.4, 0.5) is 10.5 Å². The molecule has 0 aliphatic heterocycles. The number of hydrogen-bond donors (Lipinski definition) is 1. The second-order valence-corrected chi connectivity index (χ2v) is 17.2. The molecule has 0 aliphatic carbocycles. The van der Waals surface area contributed by atoms with Gasteiger partial charge in [-0.3, -0.25) is 5.32 Å². The highest BCUT2D eigenvalue weighted by atomic mass is 79.9. The van der Waals surface area contributed by atoms with E-state index >= 15 is 0 Å². The fourth-order valence-electron chi connectivity index (χ4n) is 4.17. The van der Waals surface area contributed by atoms with E-state index in [1.807, 2.05) is 73.7 Å². The third-order valence-electron chi connectivity index (χ3n) is 6.16. The number of nitrogens with one attached hydrogen (secondary N) is 1. The number of rotatable bonds is 9. The van der Waals surface area contributed by atoms with Crippen molar-refractivity contribution in [1.82, 2.24) is 4.57 Å². The van der Waals surface area contributed by atoms with Crippen molar-refractivity contribution in [1.29, 1.82) is 0 Å². The Morgan fingerprint density at radius 1 is 1.03 bits per heavy atom. The molecule has 37 heavy (non-hydrogen) atoms. The minimum atomic E-state index is -1.22. The van der Waals surface area contributed by atoms with Crippen LogP contribution in [0.1, 0.15) is 18.6 Å². The smallest absolute Gasteiger partial charge is 0.412 e. The lowest BCUT2D eigenvalue weighted by molar-refractivity contribution is 0.0913. The average Bonchev–Trinajstić information content (AvgIpc) is 3.15. The summed E-state index contributed by atoms with van der Waals surface area (Å²) in [6, 6.07) is 24.5. The van der Waals surface area contributed by atoms with Gasteiger partial charge in [0.05, 0.1) is 16.9 Å². The van der Waals surface area contributed by atoms with Crippen LogP contribution in [0, 0.1) is 0 Å². The van der Waals surface area contributed by atoms with Crippen molar-refractivity contribution in [3.8, 4) is 11.3 Å². The van der Waals surface area contributed by atoms with Gasteiger partial charge in [0.15, 0.2) is 0 Å². The van der Waals surface area contributed by atoms with Crippen LogP contribution in [0.25, 0.3) is 22.2 Å². The monoisotopic (exact) mass is 598 g/mol. The average molecular weight is 600 g/mol. The van der Waals surface area contributed by atoms with E-state index in [0.29, 0.717) is 24.0 Å². The zero-order chi connectivity index (χ0) is 26.6. The van der Waals surface area contributed by atoms with E-state index in [9.17, 15) is 4.79 Å². The number of fused-ring (bicyclic) bond motifs is 1. The van der Waals surface area contributed by atoms with E-state index in [2.05, 4.69) is 45.5 Å². The number of ether oxygens (including phenoxy) is 2. The molecular formula is C29H32BrClN2O3Si. The topological polar surface area (TPSA) is 52.5 Å². The Bertz CT molecular complexity index is 1380. The molecule has 5 nitrogen and oxygen atoms in total. The van der Waals surface area contributed by atoms with Crippen molar-refractivity contribution in [2.75, 3.05) is 11.9 Å². The molecule has 4 rings (SSSR count). The molecule has 194 valence electrons. The molecule has 0 bridgehead atoms. The molecule has 0 saturated heterocycles. The molecule has 1 heterocycles. The number of para-hydroxylation sites is 1. The Morgan fingerprint density at radius 2 is 1.70 bits per heavy atom. The minimum absolute atomic E-state index is 0.378. The molecule has 0 saturated carbocycles. The Balaban J connectivity index is 1.69. The molecule has 4 aromatic rings. The minimum Gasteiger partial charge on any atom is -0.441 e. The number of aromatic nitrogens is 1. The number of carbonyl (C=O) groups is 1. The van der Waals surface area contributed by atoms with Gasteiger partial charge in [0.1, 0.15) is 12.8 Å². The number of halogens is 2. The van der Waals surface area contributed by atoms with Gasteiger partial charge in [-0.15, -0.1) is 0 Å². The normalized spacial score (nSPS) is 12.5. The van der Waals surface area contributed by atoms with Gasteiger partial charge in [0.25, 0.3) is 0 Å². The number of benzene rings is 3. The van der Waals surface area contributed by atoms with Crippen molar-refractivity contribution in [2.24, 2.45) is 0 Å². The lowest BCUT2D eigenvalue weighted by Gasteiger charge is -2.18. The maximum Gasteiger partial charge on any atom is 0.412 e. The lowest BCUT2D eigenvalue weighted by atomic mass is 10.1. The summed E-state index contributed by atoms with van der Waals surface area (Å²) < 4.78 is 15.0. The molecule has 0 aliphatic rings. The number of amides is 1. The van der Waals surface area contributed by atoms with Crippen LogP contribution < -0.4 is 5.32 Å². The van der Waals surface area contributed by atoms with E-state index in [1.54, 1.807) is 6.07 Å². The van der Waals surface area contributed by atoms with Gasteiger partial charge in [0.2, 0.25) is 0 Å². The standard InChI is InChI=1S/C29H32BrClN2O3Si/c1-20(23-9-5-7-11-25(23)31)36-29(34)32-27-24-10-6-8-12-26(24)33(19-35-17-18-37(2,3)4)28(27)21-13-15-22(30)16-14-21/h5-16,20H,17-19H2,1-4H3,(H,32,34)/t20-/m1/s1. The summed E-state index contributed by atoms with van der Waals surface area (Å²) >= 11 is 9.85. The largest absolute Gasteiger partial charge is 0.441 e. The molecule has 1 N–H and O–H groups in total. The first kappa shape index (κ1) is 27.5. The highest BCUT2D eigenvalue weighted by Crippen LogP contribution is 2.39. The summed E-state index contributed by atoms with van der Waals surface area (Å²) in [6.45, 7) is 9.90. The van der Waals surface area contributed by atoms with Gasteiger partial charge in [-0.25, -0.2) is 4.79 Å². The van der Waals surface area contributed by atoms with Gasteiger partial charge in [-0.1, -0.05) is 95.7 Å². The van der Waals surface area contributed by atoms with Gasteiger partial charge < -0.3 is 14.0 Å². The Kier molecular flexibility index (Phi) is 8.80. The molecule has 0 spiro atoms. The molecule has 0 unspecified atom stereocenters. The predicted molar refractivity (Wildman–Crippen MR) is 159 cm³/mol. The van der Waals surface area contributed by atoms with Gasteiger partial charge in [-0.05, 0) is 37.2 Å². The van der Waals surface area contributed by atoms with E-state index < -0.39 is 20.3 Å². The molecule has 0 fully saturated rings. The summed E-state index contributed by atoms with van der Waals surface area (Å²) in [7, 11) is -1.22. The zero-order valence-corrected chi connectivity index (χ0v) is 24.9. The number of hydrogen-bond acceptors (Lipinski definition) is 3. The quantitative estimate of drug-likeness (QED) is 0.154. The van der Waals surface area contributed by atoms with Crippen LogP contribution in [0.5, 0.6) is 0 Å². The van der Waals surface area contributed by atoms with E-state index in [1.165, 1.54) is 0 Å². The van der Waals surface area contributed by atoms with Crippen molar-refractivity contribution < 1.29 is 14.3 Å². The summed E-state index contributed by atoms with van der Waals surface area (Å²) in [6.07, 6.45) is -1.06. The molecule has 1 aromatic heterocycles. The van der Waals surface area contributed by atoms with Gasteiger partial charge in [-0.2, -0.15) is 0 Å². The second kappa shape index (κ2) is 11.9. The van der Waals surface area contributed by atoms with Crippen molar-refractivity contribution in [3.63, 3.8) is 0 Å². The first-order valence-corrected chi connectivity index (χ1v) is 17.2. The van der Waals surface area contributed by atoms with Crippen molar-refractivity contribution in [3.05, 3.63) is 87.9 Å². The third kappa shape index (κ3) is 6.84. The lowest BCUT2D eigenvalue weighted by Crippen LogP contribution is -2.22. The van der Waals surface area contributed by atoms with Crippen LogP contribution in [0.2, 0.25) is 30.7 Å². The Labute approximate surface area is 232 Å². The summed E-state index contributed by atoms with van der Waals surface area (Å²) in [5, 5.41) is 4.51. The van der Waals surface area contributed by atoms with E-state index in [0.717, 1.165) is 38.2 Å². The summed E-state index contributed by atoms with van der Waals surface area (Å²) in [5.41, 5.74) is 4.24. The van der Waals surface area contributed by atoms with Crippen LogP contribution in [-0.2, 0) is 16.2 Å². The third-order valence-corrected chi connectivity index (χ3v) is 8.74. The van der Waals surface area contributed by atoms with Crippen LogP contribution in [0.15, 0.2) is 77.3 Å². The Morgan fingerprint density at radius 3 is 2.41 bits per heavy atom. The SMILES string of the molecule is C[C@@H](OC(=O)Nc1c(-c2ccc(Br)cc2)n(COCC[Si](C)(C)C)c2ccccc12)c1ccccc1Cl. The highest BCUT2D eigenvalue weighted by Gasteiger charge is 2.23. The number of nitrogens with zero attached hydrogens (tertiary/aromatic N) is 1. The number of carbonyl (C=O) groups excluding carboxylic acids is 1. The van der Waals surface area contributed by atoms with Crippen LogP contribution >= 0.6 is 27.5 Å². The summed E-state index contributed by atoms with van der Waals surface area (Å²) in [5.74, 6) is 0. The molecule has 8 heteroatoms. The van der Waals surface area contributed by atoms with Crippen molar-refractivity contribution >= 4 is 58.3 Å². The Hall–Kier alpha value is -2.58. The second-order valence-electron chi connectivity index (χ2n) is 10.2. The van der Waals surface area contributed by atoms with Crippen LogP contribution in [-0.4, -0.2) is 25.3 Å². The fraction of sp³-hybridized carbons (Fsp3) is 0.276. The van der Waals surface area contributed by atoms with E-state index in [4.69, 9.17) is 21.1 Å². The first-order chi connectivity index (χ1) is 17.6. The molecule has 0 radical (unpaired) electrons. The first-order valence-electron chi connectivity index (χ1n) is 12.3. The van der Waals surface area contributed by atoms with Gasteiger partial charge in [0, 0.05) is 40.7 Å². The molecule has 1 amide bonds. The molecule has 1 atom stereocenters. The predicted octanol–water partition coefficient (Wildman–Crippen LogP) is 9.35. The fourth-order valence-corrected chi connectivity index (χ4v) is 5.48. The number of anilines is 1. The van der Waals surface area contributed by atoms with Gasteiger partial charge >= 0.3 is 6.09 Å². The maximum atomic E-state index is 13.1. The maximum absolute atomic E-state index is 13.1. The van der Waals surface area contributed by atoms with Crippen LogP contribution in [0.3, 0.4) is 0 Å². The summed E-state index contributed by atoms with van der Waals surface area (Å²) in [4.78, 5) is 13.1.